The Kier molecular flexibility index (Phi) is 4.26. The van der Waals surface area contributed by atoms with Crippen molar-refractivity contribution in [3.8, 4) is 11.9 Å². The van der Waals surface area contributed by atoms with E-state index in [0.29, 0.717) is 12.5 Å². The highest BCUT2D eigenvalue weighted by Crippen LogP contribution is 2.25. The van der Waals surface area contributed by atoms with Crippen molar-refractivity contribution >= 4 is 5.69 Å². The van der Waals surface area contributed by atoms with E-state index < -0.39 is 4.92 Å². The van der Waals surface area contributed by atoms with Gasteiger partial charge in [0.2, 0.25) is 0 Å². The van der Waals surface area contributed by atoms with Gasteiger partial charge in [0.15, 0.2) is 0 Å². The lowest BCUT2D eigenvalue weighted by Crippen LogP contribution is -2.12. The van der Waals surface area contributed by atoms with E-state index in [2.05, 4.69) is 10.3 Å². The number of nitriles is 1. The van der Waals surface area contributed by atoms with E-state index in [-0.39, 0.29) is 17.1 Å². The summed E-state index contributed by atoms with van der Waals surface area (Å²) in [6, 6.07) is 3.00. The first-order chi connectivity index (χ1) is 9.20. The maximum atomic E-state index is 10.9. The molecule has 100 valence electrons. The molecule has 2 heterocycles. The third-order valence-electron chi connectivity index (χ3n) is 3.09. The average molecular weight is 262 g/mol. The third-order valence-corrected chi connectivity index (χ3v) is 3.09. The normalized spacial score (nSPS) is 17.9. The molecule has 1 saturated heterocycles. The number of nitro groups is 1. The minimum atomic E-state index is -0.583. The van der Waals surface area contributed by atoms with Crippen molar-refractivity contribution in [1.82, 2.24) is 10.3 Å². The van der Waals surface area contributed by atoms with E-state index in [1.165, 1.54) is 12.3 Å². The number of aromatic nitrogens is 1. The van der Waals surface area contributed by atoms with Gasteiger partial charge in [-0.2, -0.15) is 5.26 Å². The van der Waals surface area contributed by atoms with E-state index in [9.17, 15) is 10.1 Å². The maximum absolute atomic E-state index is 10.9. The van der Waals surface area contributed by atoms with Gasteiger partial charge < -0.3 is 10.1 Å². The summed E-state index contributed by atoms with van der Waals surface area (Å²) in [5.41, 5.74) is -0.109. The minimum Gasteiger partial charge on any atom is -0.473 e. The summed E-state index contributed by atoms with van der Waals surface area (Å²) in [5, 5.41) is 22.8. The Bertz CT molecular complexity index is 506. The molecular weight excluding hydrogens is 248 g/mol. The molecule has 1 unspecified atom stereocenters. The Balaban J connectivity index is 1.98. The van der Waals surface area contributed by atoms with Crippen LogP contribution in [0.4, 0.5) is 5.69 Å². The SMILES string of the molecule is N#Cc1cnc(OCCC2CCNC2)c([N+](=O)[O-])c1. The molecule has 1 aromatic heterocycles. The fourth-order valence-corrected chi connectivity index (χ4v) is 2.03. The molecule has 7 nitrogen and oxygen atoms in total. The second kappa shape index (κ2) is 6.11. The quantitative estimate of drug-likeness (QED) is 0.632. The van der Waals surface area contributed by atoms with Crippen LogP contribution in [0.25, 0.3) is 0 Å². The predicted octanol–water partition coefficient (Wildman–Crippen LogP) is 1.24. The molecule has 1 fully saturated rings. The number of hydrogen-bond acceptors (Lipinski definition) is 6. The lowest BCUT2D eigenvalue weighted by Gasteiger charge is -2.09. The van der Waals surface area contributed by atoms with Gasteiger partial charge in [0.05, 0.1) is 17.1 Å². The largest absolute Gasteiger partial charge is 0.473 e. The first-order valence-electron chi connectivity index (χ1n) is 6.08. The van der Waals surface area contributed by atoms with Crippen LogP contribution in [0, 0.1) is 27.4 Å². The number of ether oxygens (including phenoxy) is 1. The lowest BCUT2D eigenvalue weighted by atomic mass is 10.1. The van der Waals surface area contributed by atoms with E-state index in [1.807, 2.05) is 6.07 Å². The van der Waals surface area contributed by atoms with Gasteiger partial charge in [0.25, 0.3) is 5.88 Å². The highest BCUT2D eigenvalue weighted by atomic mass is 16.6. The van der Waals surface area contributed by atoms with Crippen LogP contribution in [0.15, 0.2) is 12.3 Å². The molecule has 19 heavy (non-hydrogen) atoms. The molecule has 2 rings (SSSR count). The summed E-state index contributed by atoms with van der Waals surface area (Å²) in [6.45, 7) is 2.37. The molecule has 0 aliphatic carbocycles. The van der Waals surface area contributed by atoms with Gasteiger partial charge in [-0.1, -0.05) is 0 Å². The molecule has 1 aromatic rings. The minimum absolute atomic E-state index is 0.0186. The van der Waals surface area contributed by atoms with Gasteiger partial charge in [-0.15, -0.1) is 0 Å². The Morgan fingerprint density at radius 3 is 3.16 bits per heavy atom. The number of rotatable bonds is 5. The van der Waals surface area contributed by atoms with Crippen molar-refractivity contribution in [2.45, 2.75) is 12.8 Å². The first kappa shape index (κ1) is 13.2. The predicted molar refractivity (Wildman–Crippen MR) is 66.7 cm³/mol. The van der Waals surface area contributed by atoms with Crippen LogP contribution in [0.5, 0.6) is 5.88 Å². The fourth-order valence-electron chi connectivity index (χ4n) is 2.03. The van der Waals surface area contributed by atoms with Crippen molar-refractivity contribution in [2.24, 2.45) is 5.92 Å². The second-order valence-electron chi connectivity index (χ2n) is 4.41. The molecule has 1 aliphatic heterocycles. The van der Waals surface area contributed by atoms with Crippen LogP contribution in [0.1, 0.15) is 18.4 Å². The summed E-state index contributed by atoms with van der Waals surface area (Å²) in [7, 11) is 0. The molecule has 1 atom stereocenters. The average Bonchev–Trinajstić information content (AvgIpc) is 2.92. The van der Waals surface area contributed by atoms with E-state index >= 15 is 0 Å². The highest BCUT2D eigenvalue weighted by Gasteiger charge is 2.19. The molecule has 0 bridgehead atoms. The van der Waals surface area contributed by atoms with Gasteiger partial charge in [-0.05, 0) is 31.8 Å². The highest BCUT2D eigenvalue weighted by molar-refractivity contribution is 5.46. The van der Waals surface area contributed by atoms with E-state index in [0.717, 1.165) is 25.9 Å². The topological polar surface area (TPSA) is 101 Å². The molecule has 1 N–H and O–H groups in total. The van der Waals surface area contributed by atoms with Crippen molar-refractivity contribution in [1.29, 1.82) is 5.26 Å². The van der Waals surface area contributed by atoms with Gasteiger partial charge in [0.1, 0.15) is 6.07 Å². The molecule has 0 amide bonds. The summed E-state index contributed by atoms with van der Waals surface area (Å²) in [4.78, 5) is 14.1. The fraction of sp³-hybridized carbons (Fsp3) is 0.500. The first-order valence-corrected chi connectivity index (χ1v) is 6.08. The van der Waals surface area contributed by atoms with Crippen LogP contribution >= 0.6 is 0 Å². The zero-order valence-electron chi connectivity index (χ0n) is 10.3. The van der Waals surface area contributed by atoms with Crippen LogP contribution in [-0.2, 0) is 0 Å². The van der Waals surface area contributed by atoms with Gasteiger partial charge in [-0.25, -0.2) is 4.98 Å². The van der Waals surface area contributed by atoms with E-state index in [1.54, 1.807) is 0 Å². The lowest BCUT2D eigenvalue weighted by molar-refractivity contribution is -0.386. The number of hydrogen-bond donors (Lipinski definition) is 1. The van der Waals surface area contributed by atoms with Gasteiger partial charge in [-0.3, -0.25) is 10.1 Å². The van der Waals surface area contributed by atoms with Crippen LogP contribution in [0.2, 0.25) is 0 Å². The monoisotopic (exact) mass is 262 g/mol. The molecule has 0 aromatic carbocycles. The summed E-state index contributed by atoms with van der Waals surface area (Å²) in [6.07, 6.45) is 3.22. The Morgan fingerprint density at radius 1 is 1.68 bits per heavy atom. The summed E-state index contributed by atoms with van der Waals surface area (Å²) in [5.74, 6) is 0.535. The summed E-state index contributed by atoms with van der Waals surface area (Å²) < 4.78 is 5.37. The molecule has 7 heteroatoms. The van der Waals surface area contributed by atoms with Crippen molar-refractivity contribution in [3.05, 3.63) is 27.9 Å². The van der Waals surface area contributed by atoms with Gasteiger partial charge in [0, 0.05) is 12.3 Å². The second-order valence-corrected chi connectivity index (χ2v) is 4.41. The van der Waals surface area contributed by atoms with Crippen molar-refractivity contribution in [2.75, 3.05) is 19.7 Å². The van der Waals surface area contributed by atoms with Crippen LogP contribution in [0.3, 0.4) is 0 Å². The third kappa shape index (κ3) is 3.39. The Morgan fingerprint density at radius 2 is 2.53 bits per heavy atom. The molecule has 0 saturated carbocycles. The Labute approximate surface area is 110 Å². The smallest absolute Gasteiger partial charge is 0.332 e. The standard InChI is InChI=1S/C12H14N4O3/c13-6-10-5-11(16(17)18)12(15-8-10)19-4-2-9-1-3-14-7-9/h5,8-9,14H,1-4,7H2. The number of nitrogens with one attached hydrogen (secondary N) is 1. The zero-order chi connectivity index (χ0) is 13.7. The maximum Gasteiger partial charge on any atom is 0.332 e. The molecule has 0 spiro atoms. The van der Waals surface area contributed by atoms with Gasteiger partial charge >= 0.3 is 5.69 Å². The summed E-state index contributed by atoms with van der Waals surface area (Å²) >= 11 is 0. The van der Waals surface area contributed by atoms with Crippen LogP contribution < -0.4 is 10.1 Å². The van der Waals surface area contributed by atoms with Crippen molar-refractivity contribution < 1.29 is 9.66 Å². The number of pyridine rings is 1. The molecule has 0 radical (unpaired) electrons. The number of nitrogens with zero attached hydrogens (tertiary/aromatic N) is 3. The van der Waals surface area contributed by atoms with Crippen LogP contribution in [-0.4, -0.2) is 29.6 Å². The molecular formula is C12H14N4O3. The molecule has 1 aliphatic rings. The Hall–Kier alpha value is -2.20. The van der Waals surface area contributed by atoms with Crippen molar-refractivity contribution in [3.63, 3.8) is 0 Å². The zero-order valence-corrected chi connectivity index (χ0v) is 10.3. The van der Waals surface area contributed by atoms with E-state index in [4.69, 9.17) is 10.00 Å².